The molecule has 1 unspecified atom stereocenters. The Hall–Kier alpha value is -1.80. The molecule has 2 aromatic rings. The minimum atomic E-state index is -0.0574. The molecule has 2 aromatic heterocycles. The lowest BCUT2D eigenvalue weighted by atomic mass is 9.98. The molecule has 21 heavy (non-hydrogen) atoms. The standard InChI is InChI=1S/C13H18N6OS/c1-19-5-2-3-9(8-19)7-14-13(20)11-10(4-6-21-11)12-15-17-18-16-12/h4,6,9H,2-3,5,7-8H2,1H3,(H,14,20)(H,15,16,17,18). The van der Waals surface area contributed by atoms with Crippen LogP contribution < -0.4 is 5.32 Å². The Bertz CT molecular complexity index is 596. The molecular weight excluding hydrogens is 288 g/mol. The number of nitrogens with zero attached hydrogens (tertiary/aromatic N) is 4. The average molecular weight is 306 g/mol. The van der Waals surface area contributed by atoms with Crippen LogP contribution in [0.2, 0.25) is 0 Å². The Labute approximate surface area is 126 Å². The lowest BCUT2D eigenvalue weighted by Crippen LogP contribution is -2.39. The molecule has 0 saturated carbocycles. The number of carbonyl (C=O) groups is 1. The number of piperidine rings is 1. The average Bonchev–Trinajstić information content (AvgIpc) is 3.14. The van der Waals surface area contributed by atoms with Crippen molar-refractivity contribution in [3.8, 4) is 11.4 Å². The van der Waals surface area contributed by atoms with Crippen LogP contribution in [0.25, 0.3) is 11.4 Å². The number of nitrogens with one attached hydrogen (secondary N) is 2. The Morgan fingerprint density at radius 3 is 3.29 bits per heavy atom. The van der Waals surface area contributed by atoms with E-state index in [1.54, 1.807) is 0 Å². The van der Waals surface area contributed by atoms with Gasteiger partial charge < -0.3 is 10.2 Å². The van der Waals surface area contributed by atoms with Gasteiger partial charge in [0.15, 0.2) is 0 Å². The SMILES string of the molecule is CN1CCCC(CNC(=O)c2sccc2-c2nn[nH]n2)C1. The van der Waals surface area contributed by atoms with Gasteiger partial charge in [-0.1, -0.05) is 0 Å². The number of aromatic nitrogens is 4. The van der Waals surface area contributed by atoms with Crippen LogP contribution >= 0.6 is 11.3 Å². The lowest BCUT2D eigenvalue weighted by molar-refractivity contribution is 0.0941. The topological polar surface area (TPSA) is 86.8 Å². The molecule has 1 aliphatic rings. The van der Waals surface area contributed by atoms with Crippen LogP contribution in [-0.4, -0.2) is 58.1 Å². The van der Waals surface area contributed by atoms with Gasteiger partial charge in [-0.3, -0.25) is 4.79 Å². The summed E-state index contributed by atoms with van der Waals surface area (Å²) in [6.07, 6.45) is 2.37. The molecule has 1 atom stereocenters. The smallest absolute Gasteiger partial charge is 0.262 e. The number of H-pyrrole nitrogens is 1. The number of hydrogen-bond acceptors (Lipinski definition) is 6. The fourth-order valence-electron chi connectivity index (χ4n) is 2.69. The van der Waals surface area contributed by atoms with Crippen LogP contribution in [0.1, 0.15) is 22.5 Å². The minimum absolute atomic E-state index is 0.0574. The van der Waals surface area contributed by atoms with E-state index in [4.69, 9.17) is 0 Å². The van der Waals surface area contributed by atoms with Gasteiger partial charge in [0.05, 0.1) is 0 Å². The van der Waals surface area contributed by atoms with Crippen LogP contribution in [0.3, 0.4) is 0 Å². The maximum absolute atomic E-state index is 12.3. The highest BCUT2D eigenvalue weighted by atomic mass is 32.1. The highest BCUT2D eigenvalue weighted by Crippen LogP contribution is 2.25. The first-order chi connectivity index (χ1) is 10.2. The molecule has 1 saturated heterocycles. The fourth-order valence-corrected chi connectivity index (χ4v) is 3.50. The predicted molar refractivity (Wildman–Crippen MR) is 80.0 cm³/mol. The van der Waals surface area contributed by atoms with Gasteiger partial charge in [0.1, 0.15) is 4.88 Å². The van der Waals surface area contributed by atoms with Crippen molar-refractivity contribution in [2.45, 2.75) is 12.8 Å². The summed E-state index contributed by atoms with van der Waals surface area (Å²) in [5.74, 6) is 0.929. The Morgan fingerprint density at radius 2 is 2.52 bits per heavy atom. The van der Waals surface area contributed by atoms with E-state index in [-0.39, 0.29) is 5.91 Å². The van der Waals surface area contributed by atoms with E-state index in [2.05, 4.69) is 37.9 Å². The Kier molecular flexibility index (Phi) is 4.26. The number of thiophene rings is 1. The van der Waals surface area contributed by atoms with Crippen molar-refractivity contribution in [2.24, 2.45) is 5.92 Å². The molecule has 0 aliphatic carbocycles. The summed E-state index contributed by atoms with van der Waals surface area (Å²) < 4.78 is 0. The molecule has 112 valence electrons. The molecule has 1 aliphatic heterocycles. The van der Waals surface area contributed by atoms with Gasteiger partial charge >= 0.3 is 0 Å². The number of rotatable bonds is 4. The van der Waals surface area contributed by atoms with Crippen molar-refractivity contribution in [3.05, 3.63) is 16.3 Å². The first kappa shape index (κ1) is 14.2. The van der Waals surface area contributed by atoms with Crippen LogP contribution in [0.4, 0.5) is 0 Å². The summed E-state index contributed by atoms with van der Waals surface area (Å²) in [4.78, 5) is 15.3. The zero-order chi connectivity index (χ0) is 14.7. The van der Waals surface area contributed by atoms with Crippen LogP contribution in [0.5, 0.6) is 0 Å². The quantitative estimate of drug-likeness (QED) is 0.880. The number of tetrazole rings is 1. The molecule has 3 rings (SSSR count). The molecule has 0 bridgehead atoms. The fraction of sp³-hybridized carbons (Fsp3) is 0.538. The highest BCUT2D eigenvalue weighted by Gasteiger charge is 2.20. The minimum Gasteiger partial charge on any atom is -0.351 e. The predicted octanol–water partition coefficient (Wildman–Crippen LogP) is 1.000. The van der Waals surface area contributed by atoms with Crippen molar-refractivity contribution in [3.63, 3.8) is 0 Å². The number of carbonyl (C=O) groups excluding carboxylic acids is 1. The van der Waals surface area contributed by atoms with Crippen molar-refractivity contribution in [2.75, 3.05) is 26.7 Å². The van der Waals surface area contributed by atoms with E-state index >= 15 is 0 Å². The molecule has 3 heterocycles. The zero-order valence-electron chi connectivity index (χ0n) is 11.9. The van der Waals surface area contributed by atoms with E-state index < -0.39 is 0 Å². The second-order valence-corrected chi connectivity index (χ2v) is 6.30. The molecule has 0 spiro atoms. The largest absolute Gasteiger partial charge is 0.351 e. The molecule has 2 N–H and O–H groups in total. The number of amides is 1. The number of likely N-dealkylation sites (tertiary alicyclic amines) is 1. The normalized spacial score (nSPS) is 19.6. The van der Waals surface area contributed by atoms with Gasteiger partial charge in [0.2, 0.25) is 5.82 Å². The van der Waals surface area contributed by atoms with Crippen molar-refractivity contribution in [1.29, 1.82) is 0 Å². The Morgan fingerprint density at radius 1 is 1.62 bits per heavy atom. The summed E-state index contributed by atoms with van der Waals surface area (Å²) in [6, 6.07) is 1.85. The van der Waals surface area contributed by atoms with Gasteiger partial charge in [0.25, 0.3) is 5.91 Å². The summed E-state index contributed by atoms with van der Waals surface area (Å²) in [5.41, 5.74) is 0.729. The first-order valence-corrected chi connectivity index (χ1v) is 7.90. The van der Waals surface area contributed by atoms with E-state index in [9.17, 15) is 4.79 Å². The second-order valence-electron chi connectivity index (χ2n) is 5.38. The van der Waals surface area contributed by atoms with Gasteiger partial charge in [-0.25, -0.2) is 0 Å². The second kappa shape index (κ2) is 6.31. The number of aromatic amines is 1. The molecule has 7 nitrogen and oxygen atoms in total. The third-order valence-electron chi connectivity index (χ3n) is 3.73. The van der Waals surface area contributed by atoms with Gasteiger partial charge in [-0.15, -0.1) is 21.5 Å². The molecule has 0 aromatic carbocycles. The maximum atomic E-state index is 12.3. The zero-order valence-corrected chi connectivity index (χ0v) is 12.7. The molecule has 8 heteroatoms. The summed E-state index contributed by atoms with van der Waals surface area (Å²) in [6.45, 7) is 2.91. The van der Waals surface area contributed by atoms with Crippen molar-refractivity contribution in [1.82, 2.24) is 30.8 Å². The van der Waals surface area contributed by atoms with Crippen LogP contribution in [0, 0.1) is 5.92 Å². The summed E-state index contributed by atoms with van der Waals surface area (Å²) in [7, 11) is 2.13. The summed E-state index contributed by atoms with van der Waals surface area (Å²) in [5, 5.41) is 18.7. The van der Waals surface area contributed by atoms with E-state index in [1.165, 1.54) is 24.2 Å². The molecular formula is C13H18N6OS. The highest BCUT2D eigenvalue weighted by molar-refractivity contribution is 7.12. The monoisotopic (exact) mass is 306 g/mol. The number of hydrogen-bond donors (Lipinski definition) is 2. The Balaban J connectivity index is 1.62. The van der Waals surface area contributed by atoms with E-state index in [1.807, 2.05) is 11.4 Å². The lowest BCUT2D eigenvalue weighted by Gasteiger charge is -2.29. The van der Waals surface area contributed by atoms with Gasteiger partial charge in [-0.05, 0) is 49.0 Å². The van der Waals surface area contributed by atoms with Gasteiger partial charge in [0, 0.05) is 18.7 Å². The molecule has 1 fully saturated rings. The van der Waals surface area contributed by atoms with Crippen LogP contribution in [-0.2, 0) is 0 Å². The van der Waals surface area contributed by atoms with Crippen LogP contribution in [0.15, 0.2) is 11.4 Å². The molecule has 1 amide bonds. The first-order valence-electron chi connectivity index (χ1n) is 7.02. The van der Waals surface area contributed by atoms with Crippen molar-refractivity contribution < 1.29 is 4.79 Å². The van der Waals surface area contributed by atoms with E-state index in [0.717, 1.165) is 18.7 Å². The van der Waals surface area contributed by atoms with E-state index in [0.29, 0.717) is 23.2 Å². The third-order valence-corrected chi connectivity index (χ3v) is 4.64. The summed E-state index contributed by atoms with van der Waals surface area (Å²) >= 11 is 1.40. The van der Waals surface area contributed by atoms with Crippen molar-refractivity contribution >= 4 is 17.2 Å². The van der Waals surface area contributed by atoms with Gasteiger partial charge in [-0.2, -0.15) is 5.21 Å². The molecule has 0 radical (unpaired) electrons. The maximum Gasteiger partial charge on any atom is 0.262 e. The third kappa shape index (κ3) is 3.27.